The van der Waals surface area contributed by atoms with Crippen molar-refractivity contribution >= 4 is 23.4 Å². The Balaban J connectivity index is 1.76. The number of rotatable bonds is 7. The number of benzene rings is 2. The van der Waals surface area contributed by atoms with Gasteiger partial charge < -0.3 is 14.4 Å². The molecule has 3 rings (SSSR count). The van der Waals surface area contributed by atoms with Crippen LogP contribution in [0.25, 0.3) is 0 Å². The minimum atomic E-state index is -0.791. The highest BCUT2D eigenvalue weighted by Gasteiger charge is 2.43. The summed E-state index contributed by atoms with van der Waals surface area (Å²) in [4.78, 5) is 40.3. The Morgan fingerprint density at radius 3 is 2.38 bits per heavy atom. The summed E-state index contributed by atoms with van der Waals surface area (Å²) in [7, 11) is 3.13. The lowest BCUT2D eigenvalue weighted by molar-refractivity contribution is -0.136. The van der Waals surface area contributed by atoms with Gasteiger partial charge in [0, 0.05) is 13.5 Å². The van der Waals surface area contributed by atoms with E-state index < -0.39 is 6.04 Å². The van der Waals surface area contributed by atoms with Crippen LogP contribution < -0.4 is 14.4 Å². The van der Waals surface area contributed by atoms with E-state index in [1.807, 2.05) is 18.2 Å². The molecule has 0 aromatic heterocycles. The maximum Gasteiger partial charge on any atom is 0.257 e. The SMILES string of the molecule is COc1ccc(CCN(C(C)=O)C2CC(=O)N(c3ccccc3)C2=O)cc1OC. The van der Waals surface area contributed by atoms with Crippen molar-refractivity contribution in [1.82, 2.24) is 4.90 Å². The minimum Gasteiger partial charge on any atom is -0.493 e. The van der Waals surface area contributed by atoms with Crippen LogP contribution in [0.5, 0.6) is 11.5 Å². The number of hydrogen-bond donors (Lipinski definition) is 0. The molecule has 0 spiro atoms. The maximum atomic E-state index is 12.9. The van der Waals surface area contributed by atoms with Crippen molar-refractivity contribution in [2.24, 2.45) is 0 Å². The molecule has 1 fully saturated rings. The van der Waals surface area contributed by atoms with Gasteiger partial charge in [-0.2, -0.15) is 0 Å². The van der Waals surface area contributed by atoms with Crippen molar-refractivity contribution in [3.8, 4) is 11.5 Å². The van der Waals surface area contributed by atoms with E-state index in [9.17, 15) is 14.4 Å². The van der Waals surface area contributed by atoms with Gasteiger partial charge in [0.05, 0.1) is 26.3 Å². The lowest BCUT2D eigenvalue weighted by atomic mass is 10.1. The monoisotopic (exact) mass is 396 g/mol. The zero-order valence-corrected chi connectivity index (χ0v) is 16.8. The molecule has 29 heavy (non-hydrogen) atoms. The normalized spacial score (nSPS) is 16.1. The molecule has 1 heterocycles. The summed E-state index contributed by atoms with van der Waals surface area (Å²) in [6.45, 7) is 1.73. The molecule has 0 aliphatic carbocycles. The molecule has 1 atom stereocenters. The molecule has 3 amide bonds. The molecule has 2 aromatic carbocycles. The Bertz CT molecular complexity index is 913. The van der Waals surface area contributed by atoms with Crippen molar-refractivity contribution in [2.45, 2.75) is 25.8 Å². The van der Waals surface area contributed by atoms with Crippen LogP contribution in [0.2, 0.25) is 0 Å². The molecule has 1 aliphatic rings. The molecule has 0 N–H and O–H groups in total. The third kappa shape index (κ3) is 4.23. The average Bonchev–Trinajstić information content (AvgIpc) is 3.02. The van der Waals surface area contributed by atoms with Gasteiger partial charge in [-0.05, 0) is 36.2 Å². The molecular weight excluding hydrogens is 372 g/mol. The highest BCUT2D eigenvalue weighted by molar-refractivity contribution is 6.22. The standard InChI is InChI=1S/C22H24N2O5/c1-15(25)23(12-11-16-9-10-19(28-2)20(13-16)29-3)18-14-21(26)24(22(18)27)17-7-5-4-6-8-17/h4-10,13,18H,11-12,14H2,1-3H3. The Hall–Kier alpha value is -3.35. The van der Waals surface area contributed by atoms with Gasteiger partial charge in [0.15, 0.2) is 11.5 Å². The first-order valence-corrected chi connectivity index (χ1v) is 9.36. The van der Waals surface area contributed by atoms with Crippen molar-refractivity contribution in [3.05, 3.63) is 54.1 Å². The van der Waals surface area contributed by atoms with E-state index in [1.54, 1.807) is 44.6 Å². The Kier molecular flexibility index (Phi) is 6.16. The topological polar surface area (TPSA) is 76.2 Å². The highest BCUT2D eigenvalue weighted by atomic mass is 16.5. The van der Waals surface area contributed by atoms with Gasteiger partial charge in [0.2, 0.25) is 11.8 Å². The molecule has 152 valence electrons. The number of amides is 3. The molecule has 2 aromatic rings. The molecule has 7 heteroatoms. The minimum absolute atomic E-state index is 0.0146. The van der Waals surface area contributed by atoms with Gasteiger partial charge in [-0.1, -0.05) is 24.3 Å². The summed E-state index contributed by atoms with van der Waals surface area (Å²) in [5.41, 5.74) is 1.46. The van der Waals surface area contributed by atoms with Gasteiger partial charge in [0.1, 0.15) is 6.04 Å². The number of hydrogen-bond acceptors (Lipinski definition) is 5. The largest absolute Gasteiger partial charge is 0.493 e. The second-order valence-electron chi connectivity index (χ2n) is 6.77. The van der Waals surface area contributed by atoms with Crippen LogP contribution in [0.1, 0.15) is 18.9 Å². The van der Waals surface area contributed by atoms with Gasteiger partial charge in [-0.25, -0.2) is 4.90 Å². The average molecular weight is 396 g/mol. The molecule has 1 saturated heterocycles. The first-order valence-electron chi connectivity index (χ1n) is 9.36. The second-order valence-corrected chi connectivity index (χ2v) is 6.77. The zero-order chi connectivity index (χ0) is 21.0. The van der Waals surface area contributed by atoms with Crippen LogP contribution in [-0.4, -0.2) is 49.4 Å². The summed E-state index contributed by atoms with van der Waals surface area (Å²) in [6, 6.07) is 13.5. The van der Waals surface area contributed by atoms with Crippen molar-refractivity contribution in [2.75, 3.05) is 25.7 Å². The quantitative estimate of drug-likeness (QED) is 0.672. The fourth-order valence-electron chi connectivity index (χ4n) is 3.53. The first-order chi connectivity index (χ1) is 14.0. The number of nitrogens with zero attached hydrogens (tertiary/aromatic N) is 2. The Morgan fingerprint density at radius 1 is 1.07 bits per heavy atom. The molecular formula is C22H24N2O5. The summed E-state index contributed by atoms with van der Waals surface area (Å²) >= 11 is 0. The van der Waals surface area contributed by atoms with E-state index in [0.29, 0.717) is 30.2 Å². The fraction of sp³-hybridized carbons (Fsp3) is 0.318. The van der Waals surface area contributed by atoms with Crippen LogP contribution in [0.15, 0.2) is 48.5 Å². The van der Waals surface area contributed by atoms with E-state index in [4.69, 9.17) is 9.47 Å². The van der Waals surface area contributed by atoms with Gasteiger partial charge >= 0.3 is 0 Å². The van der Waals surface area contributed by atoms with E-state index >= 15 is 0 Å². The predicted octanol–water partition coefficient (Wildman–Crippen LogP) is 2.43. The molecule has 0 saturated carbocycles. The van der Waals surface area contributed by atoms with Gasteiger partial charge in [-0.15, -0.1) is 0 Å². The lowest BCUT2D eigenvalue weighted by Crippen LogP contribution is -2.45. The molecule has 1 unspecified atom stereocenters. The summed E-state index contributed by atoms with van der Waals surface area (Å²) in [5, 5.41) is 0. The summed E-state index contributed by atoms with van der Waals surface area (Å²) in [6.07, 6.45) is 0.502. The third-order valence-corrected chi connectivity index (χ3v) is 5.01. The Morgan fingerprint density at radius 2 is 1.76 bits per heavy atom. The fourth-order valence-corrected chi connectivity index (χ4v) is 3.53. The van der Waals surface area contributed by atoms with E-state index in [0.717, 1.165) is 10.5 Å². The molecule has 1 aliphatic heterocycles. The number of carbonyl (C=O) groups is 3. The molecule has 0 radical (unpaired) electrons. The predicted molar refractivity (Wildman–Crippen MR) is 108 cm³/mol. The van der Waals surface area contributed by atoms with E-state index in [2.05, 4.69) is 0 Å². The molecule has 7 nitrogen and oxygen atoms in total. The number of para-hydroxylation sites is 1. The van der Waals surface area contributed by atoms with Gasteiger partial charge in [0.25, 0.3) is 5.91 Å². The second kappa shape index (κ2) is 8.77. The van der Waals surface area contributed by atoms with Crippen molar-refractivity contribution in [3.63, 3.8) is 0 Å². The highest BCUT2D eigenvalue weighted by Crippen LogP contribution is 2.29. The number of anilines is 1. The van der Waals surface area contributed by atoms with E-state index in [-0.39, 0.29) is 24.1 Å². The van der Waals surface area contributed by atoms with Crippen LogP contribution >= 0.6 is 0 Å². The number of methoxy groups -OCH3 is 2. The third-order valence-electron chi connectivity index (χ3n) is 5.01. The van der Waals surface area contributed by atoms with Crippen LogP contribution in [-0.2, 0) is 20.8 Å². The maximum absolute atomic E-state index is 12.9. The van der Waals surface area contributed by atoms with Crippen LogP contribution in [0, 0.1) is 0 Å². The van der Waals surface area contributed by atoms with E-state index in [1.165, 1.54) is 11.8 Å². The van der Waals surface area contributed by atoms with Crippen molar-refractivity contribution in [1.29, 1.82) is 0 Å². The van der Waals surface area contributed by atoms with Gasteiger partial charge in [-0.3, -0.25) is 14.4 Å². The molecule has 0 bridgehead atoms. The van der Waals surface area contributed by atoms with Crippen LogP contribution in [0.4, 0.5) is 5.69 Å². The smallest absolute Gasteiger partial charge is 0.257 e. The first kappa shape index (κ1) is 20.4. The zero-order valence-electron chi connectivity index (χ0n) is 16.8. The Labute approximate surface area is 169 Å². The number of ether oxygens (including phenoxy) is 2. The summed E-state index contributed by atoms with van der Waals surface area (Å²) < 4.78 is 10.6. The number of carbonyl (C=O) groups excluding carboxylic acids is 3. The van der Waals surface area contributed by atoms with Crippen molar-refractivity contribution < 1.29 is 23.9 Å². The van der Waals surface area contributed by atoms with Crippen LogP contribution in [0.3, 0.4) is 0 Å². The summed E-state index contributed by atoms with van der Waals surface area (Å²) in [5.74, 6) is 0.301. The number of imide groups is 1. The lowest BCUT2D eigenvalue weighted by Gasteiger charge is -2.26.